The summed E-state index contributed by atoms with van der Waals surface area (Å²) in [5.41, 5.74) is 7.32. The molecule has 4 N–H and O–H groups in total. The molecule has 198 valence electrons. The average molecular weight is 524 g/mol. The summed E-state index contributed by atoms with van der Waals surface area (Å²) >= 11 is 0. The Morgan fingerprint density at radius 1 is 1.03 bits per heavy atom. The molecule has 0 aliphatic carbocycles. The quantitative estimate of drug-likeness (QED) is 0.228. The van der Waals surface area contributed by atoms with E-state index in [-0.39, 0.29) is 12.3 Å². The maximum absolute atomic E-state index is 12.9. The lowest BCUT2D eigenvalue weighted by molar-refractivity contribution is -0.139. The molecule has 5 aromatic rings. The minimum absolute atomic E-state index is 0.148. The highest BCUT2D eigenvalue weighted by Gasteiger charge is 2.23. The van der Waals surface area contributed by atoms with Crippen LogP contribution in [0.25, 0.3) is 16.7 Å². The second-order valence-corrected chi connectivity index (χ2v) is 9.62. The van der Waals surface area contributed by atoms with Crippen molar-refractivity contribution in [3.63, 3.8) is 0 Å². The van der Waals surface area contributed by atoms with Gasteiger partial charge in [-0.3, -0.25) is 4.79 Å². The number of aromatic amines is 1. The Hall–Kier alpha value is -4.99. The van der Waals surface area contributed by atoms with Crippen molar-refractivity contribution >= 4 is 28.9 Å². The van der Waals surface area contributed by atoms with Crippen molar-refractivity contribution in [1.82, 2.24) is 30.3 Å². The summed E-state index contributed by atoms with van der Waals surface area (Å²) in [6.07, 6.45) is 1.96. The first kappa shape index (κ1) is 25.7. The molecule has 10 heteroatoms. The minimum Gasteiger partial charge on any atom is -0.480 e. The number of imidazole rings is 1. The van der Waals surface area contributed by atoms with Crippen LogP contribution in [0, 0.1) is 20.8 Å². The van der Waals surface area contributed by atoms with Crippen molar-refractivity contribution in [2.24, 2.45) is 0 Å². The van der Waals surface area contributed by atoms with Gasteiger partial charge in [-0.2, -0.15) is 0 Å². The Morgan fingerprint density at radius 3 is 2.44 bits per heavy atom. The zero-order chi connectivity index (χ0) is 27.5. The molecule has 2 aromatic heterocycles. The molecule has 0 saturated heterocycles. The SMILES string of the molecule is Cc1cc(C)c(C(=O)N[C@@H](Cc2ccc(-n3cc(CNc4nc5ccccc5[nH]4)nn3)cc2)C(=O)O)c(C)c1. The van der Waals surface area contributed by atoms with Crippen LogP contribution in [0.3, 0.4) is 0 Å². The van der Waals surface area contributed by atoms with Crippen LogP contribution in [0.1, 0.15) is 38.3 Å². The molecule has 0 bridgehead atoms. The van der Waals surface area contributed by atoms with E-state index >= 15 is 0 Å². The van der Waals surface area contributed by atoms with Crippen molar-refractivity contribution in [2.75, 3.05) is 5.32 Å². The zero-order valence-corrected chi connectivity index (χ0v) is 21.9. The van der Waals surface area contributed by atoms with Gasteiger partial charge in [0, 0.05) is 12.0 Å². The largest absolute Gasteiger partial charge is 0.480 e. The number of fused-ring (bicyclic) bond motifs is 1. The lowest BCUT2D eigenvalue weighted by atomic mass is 9.98. The van der Waals surface area contributed by atoms with Crippen molar-refractivity contribution in [3.05, 3.63) is 100 Å². The van der Waals surface area contributed by atoms with Crippen LogP contribution in [0.2, 0.25) is 0 Å². The van der Waals surface area contributed by atoms with Gasteiger partial charge in [0.05, 0.1) is 29.5 Å². The second kappa shape index (κ2) is 10.8. The molecule has 0 unspecified atom stereocenters. The highest BCUT2D eigenvalue weighted by molar-refractivity contribution is 5.99. The Labute approximate surface area is 225 Å². The minimum atomic E-state index is -1.09. The third-order valence-corrected chi connectivity index (χ3v) is 6.52. The first-order valence-electron chi connectivity index (χ1n) is 12.6. The van der Waals surface area contributed by atoms with Gasteiger partial charge in [-0.05, 0) is 61.7 Å². The molecule has 0 aliphatic rings. The maximum Gasteiger partial charge on any atom is 0.326 e. The number of H-pyrrole nitrogens is 1. The van der Waals surface area contributed by atoms with E-state index in [0.717, 1.165) is 44.7 Å². The van der Waals surface area contributed by atoms with Crippen molar-refractivity contribution in [2.45, 2.75) is 39.8 Å². The number of carboxylic acid groups (broad SMARTS) is 1. The van der Waals surface area contributed by atoms with Crippen molar-refractivity contribution < 1.29 is 14.7 Å². The van der Waals surface area contributed by atoms with Crippen LogP contribution in [-0.2, 0) is 17.8 Å². The van der Waals surface area contributed by atoms with E-state index < -0.39 is 12.0 Å². The zero-order valence-electron chi connectivity index (χ0n) is 21.9. The predicted molar refractivity (Wildman–Crippen MR) is 148 cm³/mol. The van der Waals surface area contributed by atoms with Crippen LogP contribution < -0.4 is 10.6 Å². The van der Waals surface area contributed by atoms with Gasteiger partial charge >= 0.3 is 5.97 Å². The third kappa shape index (κ3) is 5.80. The maximum atomic E-state index is 12.9. The number of amides is 1. The highest BCUT2D eigenvalue weighted by atomic mass is 16.4. The third-order valence-electron chi connectivity index (χ3n) is 6.52. The molecule has 0 fully saturated rings. The first-order chi connectivity index (χ1) is 18.8. The van der Waals surface area contributed by atoms with Gasteiger partial charge in [0.1, 0.15) is 11.7 Å². The smallest absolute Gasteiger partial charge is 0.326 e. The fourth-order valence-corrected chi connectivity index (χ4v) is 4.71. The monoisotopic (exact) mass is 523 g/mol. The van der Waals surface area contributed by atoms with Crippen LogP contribution in [-0.4, -0.2) is 48.0 Å². The summed E-state index contributed by atoms with van der Waals surface area (Å²) in [7, 11) is 0. The van der Waals surface area contributed by atoms with Gasteiger partial charge in [0.2, 0.25) is 5.95 Å². The number of aryl methyl sites for hydroxylation is 3. The average Bonchev–Trinajstić information content (AvgIpc) is 3.54. The van der Waals surface area contributed by atoms with E-state index in [4.69, 9.17) is 0 Å². The number of benzene rings is 3. The predicted octanol–water partition coefficient (Wildman–Crippen LogP) is 4.11. The van der Waals surface area contributed by atoms with E-state index in [2.05, 4.69) is 30.9 Å². The van der Waals surface area contributed by atoms with Gasteiger partial charge in [0.25, 0.3) is 5.91 Å². The lowest BCUT2D eigenvalue weighted by Gasteiger charge is -2.17. The van der Waals surface area contributed by atoms with E-state index in [1.165, 1.54) is 0 Å². The Balaban J connectivity index is 1.22. The van der Waals surface area contributed by atoms with Crippen molar-refractivity contribution in [1.29, 1.82) is 0 Å². The summed E-state index contributed by atoms with van der Waals surface area (Å²) in [5.74, 6) is -0.823. The highest BCUT2D eigenvalue weighted by Crippen LogP contribution is 2.18. The van der Waals surface area contributed by atoms with Gasteiger partial charge in [-0.1, -0.05) is 47.2 Å². The molecule has 0 radical (unpaired) electrons. The Kier molecular flexibility index (Phi) is 7.09. The van der Waals surface area contributed by atoms with Gasteiger partial charge in [0.15, 0.2) is 0 Å². The second-order valence-electron chi connectivity index (χ2n) is 9.62. The van der Waals surface area contributed by atoms with E-state index in [1.54, 1.807) is 4.68 Å². The van der Waals surface area contributed by atoms with Crippen LogP contribution >= 0.6 is 0 Å². The molecule has 1 amide bonds. The first-order valence-corrected chi connectivity index (χ1v) is 12.6. The molecule has 5 rings (SSSR count). The molecule has 3 aromatic carbocycles. The number of carbonyl (C=O) groups is 2. The summed E-state index contributed by atoms with van der Waals surface area (Å²) < 4.78 is 1.65. The number of para-hydroxylation sites is 2. The molecule has 10 nitrogen and oxygen atoms in total. The van der Waals surface area contributed by atoms with Crippen molar-refractivity contribution in [3.8, 4) is 5.69 Å². The number of carboxylic acids is 1. The number of nitrogens with zero attached hydrogens (tertiary/aromatic N) is 4. The summed E-state index contributed by atoms with van der Waals surface area (Å²) in [5, 5.41) is 24.1. The normalized spacial score (nSPS) is 11.9. The number of anilines is 1. The van der Waals surface area contributed by atoms with Crippen LogP contribution in [0.15, 0.2) is 66.9 Å². The number of carbonyl (C=O) groups excluding carboxylic acids is 1. The summed E-state index contributed by atoms with van der Waals surface area (Å²) in [6.45, 7) is 6.12. The van der Waals surface area contributed by atoms with Crippen LogP contribution in [0.4, 0.5) is 5.95 Å². The number of rotatable bonds is 9. The van der Waals surface area contributed by atoms with Crippen LogP contribution in [0.5, 0.6) is 0 Å². The Bertz CT molecular complexity index is 1600. The molecular formula is C29H29N7O3. The number of hydrogen-bond acceptors (Lipinski definition) is 6. The fourth-order valence-electron chi connectivity index (χ4n) is 4.71. The Morgan fingerprint density at radius 2 is 1.74 bits per heavy atom. The fraction of sp³-hybridized carbons (Fsp3) is 0.207. The van der Waals surface area contributed by atoms with E-state index in [9.17, 15) is 14.7 Å². The van der Waals surface area contributed by atoms with E-state index in [1.807, 2.05) is 87.6 Å². The van der Waals surface area contributed by atoms with E-state index in [0.29, 0.717) is 18.1 Å². The number of nitrogens with one attached hydrogen (secondary N) is 3. The molecule has 2 heterocycles. The molecule has 0 aliphatic heterocycles. The lowest BCUT2D eigenvalue weighted by Crippen LogP contribution is -2.42. The molecule has 39 heavy (non-hydrogen) atoms. The summed E-state index contributed by atoms with van der Waals surface area (Å²) in [4.78, 5) is 32.6. The molecule has 0 saturated carbocycles. The number of aliphatic carboxylic acids is 1. The number of aromatic nitrogens is 5. The van der Waals surface area contributed by atoms with Gasteiger partial charge in [-0.15, -0.1) is 5.10 Å². The topological polar surface area (TPSA) is 138 Å². The standard InChI is InChI=1S/C29H29N7O3/c1-17-12-18(2)26(19(3)13-17)27(37)31-25(28(38)39)14-20-8-10-22(11-9-20)36-16-21(34-35-36)15-30-29-32-23-6-4-5-7-24(23)33-29/h4-13,16,25H,14-15H2,1-3H3,(H,31,37)(H,38,39)(H2,30,32,33)/t25-/m0/s1. The molecule has 1 atom stereocenters. The number of hydrogen-bond donors (Lipinski definition) is 4. The summed E-state index contributed by atoms with van der Waals surface area (Å²) in [6, 6.07) is 17.9. The molecule has 0 spiro atoms. The molecular weight excluding hydrogens is 494 g/mol. The van der Waals surface area contributed by atoms with Gasteiger partial charge in [-0.25, -0.2) is 14.5 Å². The van der Waals surface area contributed by atoms with Gasteiger partial charge < -0.3 is 20.7 Å².